The predicted molar refractivity (Wildman–Crippen MR) is 155 cm³/mol. The molecule has 39 heavy (non-hydrogen) atoms. The fourth-order valence-corrected chi connectivity index (χ4v) is 7.17. The van der Waals surface area contributed by atoms with E-state index in [1.807, 2.05) is 71.3 Å². The van der Waals surface area contributed by atoms with E-state index in [9.17, 15) is 4.79 Å². The van der Waals surface area contributed by atoms with Crippen LogP contribution in [0.2, 0.25) is 0 Å². The van der Waals surface area contributed by atoms with E-state index in [0.29, 0.717) is 15.1 Å². The number of benzene rings is 3. The van der Waals surface area contributed by atoms with Gasteiger partial charge in [0.05, 0.1) is 23.4 Å². The van der Waals surface area contributed by atoms with Crippen molar-refractivity contribution in [2.24, 2.45) is 4.99 Å². The number of aryl methyl sites for hydroxylation is 1. The zero-order valence-corrected chi connectivity index (χ0v) is 22.8. The predicted octanol–water partition coefficient (Wildman–Crippen LogP) is 6.07. The molecule has 0 bridgehead atoms. The summed E-state index contributed by atoms with van der Waals surface area (Å²) in [5.41, 5.74) is 5.45. The first-order valence-corrected chi connectivity index (χ1v) is 14.4. The first-order valence-electron chi connectivity index (χ1n) is 12.8. The summed E-state index contributed by atoms with van der Waals surface area (Å²) >= 11 is 2.95. The van der Waals surface area contributed by atoms with Crippen LogP contribution in [0.3, 0.4) is 0 Å². The molecule has 1 aliphatic heterocycles. The number of hydrogen-bond donors (Lipinski definition) is 0. The molecular formula is C32H24N2O3S2. The summed E-state index contributed by atoms with van der Waals surface area (Å²) in [6, 6.07) is 30.0. The van der Waals surface area contributed by atoms with Crippen LogP contribution in [0.15, 0.2) is 121 Å². The number of furan rings is 1. The topological polar surface area (TPSA) is 56.7 Å². The number of fused-ring (bicyclic) bond motifs is 3. The molecule has 3 aromatic carbocycles. The lowest BCUT2D eigenvalue weighted by atomic mass is 9.83. The van der Waals surface area contributed by atoms with Crippen LogP contribution in [0.5, 0.6) is 5.75 Å². The van der Waals surface area contributed by atoms with Gasteiger partial charge in [0.25, 0.3) is 5.56 Å². The van der Waals surface area contributed by atoms with Crippen molar-refractivity contribution in [3.05, 3.63) is 139 Å². The summed E-state index contributed by atoms with van der Waals surface area (Å²) in [6.07, 6.45) is 3.57. The summed E-state index contributed by atoms with van der Waals surface area (Å²) in [6.45, 7) is 0. The maximum absolute atomic E-state index is 14.0. The van der Waals surface area contributed by atoms with Crippen molar-refractivity contribution >= 4 is 34.9 Å². The maximum Gasteiger partial charge on any atom is 0.271 e. The van der Waals surface area contributed by atoms with Crippen LogP contribution in [-0.4, -0.2) is 11.7 Å². The molecule has 1 aliphatic carbocycles. The average Bonchev–Trinajstić information content (AvgIpc) is 3.55. The van der Waals surface area contributed by atoms with Crippen molar-refractivity contribution in [3.8, 4) is 5.75 Å². The van der Waals surface area contributed by atoms with Gasteiger partial charge in [0, 0.05) is 22.1 Å². The largest absolute Gasteiger partial charge is 0.496 e. The van der Waals surface area contributed by atoms with Gasteiger partial charge in [0.1, 0.15) is 11.5 Å². The number of ether oxygens (including phenoxy) is 1. The van der Waals surface area contributed by atoms with Gasteiger partial charge in [-0.2, -0.15) is 0 Å². The third-order valence-electron chi connectivity index (χ3n) is 7.14. The Morgan fingerprint density at radius 2 is 1.77 bits per heavy atom. The highest BCUT2D eigenvalue weighted by molar-refractivity contribution is 7.99. The number of allylic oxidation sites excluding steroid dienone is 1. The molecule has 0 spiro atoms. The highest BCUT2D eigenvalue weighted by Gasteiger charge is 2.34. The smallest absolute Gasteiger partial charge is 0.271 e. The highest BCUT2D eigenvalue weighted by Crippen LogP contribution is 2.43. The molecule has 0 saturated heterocycles. The Hall–Kier alpha value is -4.07. The number of methoxy groups -OCH3 is 1. The second kappa shape index (κ2) is 9.91. The van der Waals surface area contributed by atoms with E-state index in [-0.39, 0.29) is 11.6 Å². The molecule has 2 aromatic heterocycles. The number of nitrogens with zero attached hydrogens (tertiary/aromatic N) is 2. The van der Waals surface area contributed by atoms with Crippen LogP contribution in [0.1, 0.15) is 34.9 Å². The number of hydrogen-bond acceptors (Lipinski definition) is 6. The Bertz CT molecular complexity index is 1910. The monoisotopic (exact) mass is 548 g/mol. The SMILES string of the molecule is COc1ccccc1[C@@H]1C2=C(N=c3s/c(=C\c4ccc(Sc5ccccc5)o4)c(=O)n31)c1ccccc1CC2. The highest BCUT2D eigenvalue weighted by atomic mass is 32.2. The number of para-hydroxylation sites is 1. The lowest BCUT2D eigenvalue weighted by Gasteiger charge is -2.31. The molecule has 1 atom stereocenters. The van der Waals surface area contributed by atoms with Gasteiger partial charge in [0.15, 0.2) is 9.89 Å². The summed E-state index contributed by atoms with van der Waals surface area (Å²) in [5, 5.41) is 0.777. The minimum absolute atomic E-state index is 0.0753. The van der Waals surface area contributed by atoms with E-state index in [1.54, 1.807) is 18.9 Å². The molecule has 2 aliphatic rings. The third-order valence-corrected chi connectivity index (χ3v) is 9.06. The summed E-state index contributed by atoms with van der Waals surface area (Å²) in [4.78, 5) is 20.9. The lowest BCUT2D eigenvalue weighted by molar-refractivity contribution is 0.402. The van der Waals surface area contributed by atoms with Crippen LogP contribution in [0.25, 0.3) is 11.8 Å². The molecule has 0 radical (unpaired) electrons. The molecule has 0 saturated carbocycles. The molecule has 192 valence electrons. The normalized spacial score (nSPS) is 16.3. The van der Waals surface area contributed by atoms with Crippen LogP contribution in [-0.2, 0) is 6.42 Å². The lowest BCUT2D eigenvalue weighted by Crippen LogP contribution is -2.38. The van der Waals surface area contributed by atoms with E-state index < -0.39 is 0 Å². The Kier molecular flexibility index (Phi) is 6.10. The molecule has 5 aromatic rings. The summed E-state index contributed by atoms with van der Waals surface area (Å²) < 4.78 is 14.3. The van der Waals surface area contributed by atoms with Gasteiger partial charge in [-0.15, -0.1) is 0 Å². The van der Waals surface area contributed by atoms with E-state index in [1.165, 1.54) is 16.9 Å². The Morgan fingerprint density at radius 1 is 0.974 bits per heavy atom. The zero-order valence-electron chi connectivity index (χ0n) is 21.2. The minimum Gasteiger partial charge on any atom is -0.496 e. The van der Waals surface area contributed by atoms with E-state index >= 15 is 0 Å². The molecule has 5 nitrogen and oxygen atoms in total. The van der Waals surface area contributed by atoms with Crippen molar-refractivity contribution < 1.29 is 9.15 Å². The van der Waals surface area contributed by atoms with Gasteiger partial charge in [-0.05, 0) is 54.3 Å². The van der Waals surface area contributed by atoms with Gasteiger partial charge in [-0.25, -0.2) is 4.99 Å². The van der Waals surface area contributed by atoms with Gasteiger partial charge >= 0.3 is 0 Å². The van der Waals surface area contributed by atoms with Crippen LogP contribution < -0.4 is 19.6 Å². The molecule has 0 amide bonds. The minimum atomic E-state index is -0.288. The van der Waals surface area contributed by atoms with Crippen LogP contribution in [0.4, 0.5) is 0 Å². The molecule has 0 N–H and O–H groups in total. The fraction of sp³-hybridized carbons (Fsp3) is 0.125. The van der Waals surface area contributed by atoms with Crippen molar-refractivity contribution in [2.45, 2.75) is 28.9 Å². The molecule has 3 heterocycles. The van der Waals surface area contributed by atoms with Gasteiger partial charge in [0.2, 0.25) is 0 Å². The van der Waals surface area contributed by atoms with E-state index in [0.717, 1.165) is 51.0 Å². The van der Waals surface area contributed by atoms with Crippen molar-refractivity contribution in [1.82, 2.24) is 4.57 Å². The quantitative estimate of drug-likeness (QED) is 0.268. The zero-order chi connectivity index (χ0) is 26.3. The van der Waals surface area contributed by atoms with E-state index in [2.05, 4.69) is 30.3 Å². The standard InChI is InChI=1S/C32H24N2O3S2/c1-36-26-14-8-7-13-24(26)30-25-17-15-20-9-5-6-12-23(20)29(25)33-32-34(30)31(35)27(39-32)19-21-16-18-28(37-21)38-22-10-3-2-4-11-22/h2-14,16,18-19,30H,15,17H2,1H3/b27-19-/t30-/m1/s1. The van der Waals surface area contributed by atoms with Crippen LogP contribution in [0, 0.1) is 0 Å². The maximum atomic E-state index is 14.0. The van der Waals surface area contributed by atoms with E-state index in [4.69, 9.17) is 14.1 Å². The number of aromatic nitrogens is 1. The average molecular weight is 549 g/mol. The van der Waals surface area contributed by atoms with Crippen LogP contribution >= 0.6 is 23.1 Å². The third kappa shape index (κ3) is 4.28. The number of rotatable bonds is 5. The van der Waals surface area contributed by atoms with Crippen molar-refractivity contribution in [1.29, 1.82) is 0 Å². The summed E-state index contributed by atoms with van der Waals surface area (Å²) in [5.74, 6) is 1.40. The second-order valence-electron chi connectivity index (χ2n) is 9.43. The molecule has 7 rings (SSSR count). The molecule has 7 heteroatoms. The Labute approximate surface area is 233 Å². The van der Waals surface area contributed by atoms with Crippen molar-refractivity contribution in [2.75, 3.05) is 7.11 Å². The first kappa shape index (κ1) is 24.0. The Balaban J connectivity index is 1.38. The Morgan fingerprint density at radius 3 is 2.64 bits per heavy atom. The van der Waals surface area contributed by atoms with Gasteiger partial charge < -0.3 is 9.15 Å². The van der Waals surface area contributed by atoms with Gasteiger partial charge in [-0.3, -0.25) is 9.36 Å². The molecule has 0 unspecified atom stereocenters. The van der Waals surface area contributed by atoms with Crippen molar-refractivity contribution in [3.63, 3.8) is 0 Å². The first-order chi connectivity index (χ1) is 19.2. The molecular weight excluding hydrogens is 524 g/mol. The fourth-order valence-electron chi connectivity index (χ4n) is 5.39. The van der Waals surface area contributed by atoms with Gasteiger partial charge in [-0.1, -0.05) is 83.8 Å². The number of thiazole rings is 1. The molecule has 0 fully saturated rings. The summed E-state index contributed by atoms with van der Waals surface area (Å²) in [7, 11) is 1.68. The second-order valence-corrected chi connectivity index (χ2v) is 11.5.